The van der Waals surface area contributed by atoms with E-state index in [2.05, 4.69) is 15.2 Å². The Balaban J connectivity index is 2.42. The largest absolute Gasteiger partial charge is 0.460 e. The smallest absolute Gasteiger partial charge is 0.378 e. The summed E-state index contributed by atoms with van der Waals surface area (Å²) in [7, 11) is 1.74. The van der Waals surface area contributed by atoms with Gasteiger partial charge in [-0.15, -0.1) is 5.10 Å². The van der Waals surface area contributed by atoms with Crippen molar-refractivity contribution in [2.75, 3.05) is 6.61 Å². The molecule has 0 radical (unpaired) electrons. The molecule has 0 saturated heterocycles. The summed E-state index contributed by atoms with van der Waals surface area (Å²) in [6, 6.07) is 1.92. The fraction of sp³-hybridized carbons (Fsp3) is 0.500. The molecule has 7 heteroatoms. The van der Waals surface area contributed by atoms with Gasteiger partial charge in [-0.25, -0.2) is 9.48 Å². The van der Waals surface area contributed by atoms with Crippen LogP contribution in [-0.4, -0.2) is 37.1 Å². The number of carbonyl (C=O) groups is 1. The van der Waals surface area contributed by atoms with Crippen molar-refractivity contribution < 1.29 is 9.53 Å². The lowest BCUT2D eigenvalue weighted by Crippen LogP contribution is -2.07. The second-order valence-electron chi connectivity index (χ2n) is 4.09. The Bertz CT molecular complexity index is 599. The molecule has 0 aliphatic carbocycles. The summed E-state index contributed by atoms with van der Waals surface area (Å²) in [4.78, 5) is 15.9. The highest BCUT2D eigenvalue weighted by molar-refractivity contribution is 5.85. The number of aromatic nitrogens is 5. The molecule has 0 atom stereocenters. The molecule has 0 aliphatic rings. The molecule has 0 aromatic carbocycles. The third-order valence-corrected chi connectivity index (χ3v) is 2.65. The van der Waals surface area contributed by atoms with Gasteiger partial charge in [-0.05, 0) is 26.8 Å². The van der Waals surface area contributed by atoms with Crippen LogP contribution in [0.15, 0.2) is 6.07 Å². The highest BCUT2D eigenvalue weighted by Crippen LogP contribution is 2.18. The summed E-state index contributed by atoms with van der Waals surface area (Å²) in [5.74, 6) is 0.162. The zero-order chi connectivity index (χ0) is 14.0. The molecule has 0 spiro atoms. The molecule has 2 aromatic heterocycles. The summed E-state index contributed by atoms with van der Waals surface area (Å²) in [5, 5.41) is 8.44. The quantitative estimate of drug-likeness (QED) is 0.774. The third kappa shape index (κ3) is 2.49. The molecule has 2 heterocycles. The van der Waals surface area contributed by atoms with E-state index in [9.17, 15) is 4.79 Å². The lowest BCUT2D eigenvalue weighted by Gasteiger charge is -2.02. The van der Waals surface area contributed by atoms with Crippen LogP contribution >= 0.6 is 0 Å². The molecular weight excluding hydrogens is 246 g/mol. The van der Waals surface area contributed by atoms with Crippen molar-refractivity contribution >= 4 is 5.97 Å². The Labute approximate surface area is 111 Å². The van der Waals surface area contributed by atoms with Crippen LogP contribution in [0.25, 0.3) is 11.5 Å². The van der Waals surface area contributed by atoms with Crippen LogP contribution in [0.3, 0.4) is 0 Å². The number of hydrogen-bond acceptors (Lipinski definition) is 5. The summed E-state index contributed by atoms with van der Waals surface area (Å²) in [6.45, 7) is 6.69. The van der Waals surface area contributed by atoms with E-state index in [1.165, 1.54) is 0 Å². The molecule has 0 N–H and O–H groups in total. The van der Waals surface area contributed by atoms with Crippen LogP contribution in [0.5, 0.6) is 0 Å². The van der Waals surface area contributed by atoms with E-state index in [-0.39, 0.29) is 5.82 Å². The number of ether oxygens (including phenoxy) is 1. The Morgan fingerprint density at radius 1 is 1.37 bits per heavy atom. The van der Waals surface area contributed by atoms with E-state index in [1.807, 2.05) is 24.6 Å². The van der Waals surface area contributed by atoms with Gasteiger partial charge in [0.25, 0.3) is 5.82 Å². The molecule has 0 fully saturated rings. The lowest BCUT2D eigenvalue weighted by molar-refractivity contribution is 0.0512. The second-order valence-corrected chi connectivity index (χ2v) is 4.09. The standard InChI is InChI=1S/C12H17N5O2/c1-5-17-9(7-8(3)14-17)11-13-10(15-16(11)4)12(18)19-6-2/h7H,5-6H2,1-4H3. The molecule has 7 nitrogen and oxygen atoms in total. The van der Waals surface area contributed by atoms with Gasteiger partial charge in [-0.1, -0.05) is 0 Å². The topological polar surface area (TPSA) is 74.8 Å². The average molecular weight is 263 g/mol. The normalized spacial score (nSPS) is 10.7. The van der Waals surface area contributed by atoms with Crippen LogP contribution in [0.2, 0.25) is 0 Å². The third-order valence-electron chi connectivity index (χ3n) is 2.65. The molecule has 0 unspecified atom stereocenters. The molecule has 0 saturated carbocycles. The predicted octanol–water partition coefficient (Wildman–Crippen LogP) is 1.18. The van der Waals surface area contributed by atoms with Crippen LogP contribution in [0.1, 0.15) is 30.2 Å². The number of nitrogens with zero attached hydrogens (tertiary/aromatic N) is 5. The molecule has 102 valence electrons. The maximum absolute atomic E-state index is 11.6. The Morgan fingerprint density at radius 2 is 2.11 bits per heavy atom. The van der Waals surface area contributed by atoms with Gasteiger partial charge in [0, 0.05) is 13.6 Å². The van der Waals surface area contributed by atoms with Gasteiger partial charge >= 0.3 is 5.97 Å². The molecule has 2 rings (SSSR count). The van der Waals surface area contributed by atoms with Crippen LogP contribution in [0.4, 0.5) is 0 Å². The van der Waals surface area contributed by atoms with Crippen molar-refractivity contribution in [3.05, 3.63) is 17.6 Å². The number of aryl methyl sites for hydroxylation is 3. The van der Waals surface area contributed by atoms with Crippen LogP contribution in [0, 0.1) is 6.92 Å². The number of carbonyl (C=O) groups excluding carboxylic acids is 1. The van der Waals surface area contributed by atoms with Gasteiger partial charge in [0.2, 0.25) is 0 Å². The maximum atomic E-state index is 11.6. The van der Waals surface area contributed by atoms with Crippen molar-refractivity contribution in [1.29, 1.82) is 0 Å². The van der Waals surface area contributed by atoms with Crippen molar-refractivity contribution in [3.8, 4) is 11.5 Å². The monoisotopic (exact) mass is 263 g/mol. The van der Waals surface area contributed by atoms with Crippen molar-refractivity contribution in [1.82, 2.24) is 24.5 Å². The zero-order valence-corrected chi connectivity index (χ0v) is 11.5. The lowest BCUT2D eigenvalue weighted by atomic mass is 10.3. The van der Waals surface area contributed by atoms with Gasteiger partial charge in [0.05, 0.1) is 12.3 Å². The first-order chi connectivity index (χ1) is 9.06. The maximum Gasteiger partial charge on any atom is 0.378 e. The molecule has 0 aliphatic heterocycles. The zero-order valence-electron chi connectivity index (χ0n) is 11.5. The van der Waals surface area contributed by atoms with Gasteiger partial charge in [0.1, 0.15) is 5.69 Å². The summed E-state index contributed by atoms with van der Waals surface area (Å²) >= 11 is 0. The number of esters is 1. The minimum atomic E-state index is -0.511. The van der Waals surface area contributed by atoms with E-state index < -0.39 is 5.97 Å². The highest BCUT2D eigenvalue weighted by Gasteiger charge is 2.19. The minimum absolute atomic E-state index is 0.0702. The van der Waals surface area contributed by atoms with E-state index in [0.29, 0.717) is 12.4 Å². The molecular formula is C12H17N5O2. The van der Waals surface area contributed by atoms with E-state index in [1.54, 1.807) is 18.7 Å². The fourth-order valence-corrected chi connectivity index (χ4v) is 1.86. The van der Waals surface area contributed by atoms with Gasteiger partial charge in [0.15, 0.2) is 5.82 Å². The van der Waals surface area contributed by atoms with Crippen molar-refractivity contribution in [2.24, 2.45) is 7.05 Å². The van der Waals surface area contributed by atoms with Crippen molar-refractivity contribution in [2.45, 2.75) is 27.3 Å². The van der Waals surface area contributed by atoms with Crippen molar-refractivity contribution in [3.63, 3.8) is 0 Å². The average Bonchev–Trinajstić information content (AvgIpc) is 2.92. The molecule has 0 bridgehead atoms. The predicted molar refractivity (Wildman–Crippen MR) is 68.6 cm³/mol. The first-order valence-corrected chi connectivity index (χ1v) is 6.19. The van der Waals surface area contributed by atoms with E-state index >= 15 is 0 Å². The van der Waals surface area contributed by atoms with E-state index in [4.69, 9.17) is 4.74 Å². The summed E-state index contributed by atoms with van der Waals surface area (Å²) in [5.41, 5.74) is 1.74. The SMILES string of the molecule is CCOC(=O)c1nc(-c2cc(C)nn2CC)n(C)n1. The Kier molecular flexibility index (Phi) is 3.64. The first kappa shape index (κ1) is 13.3. The fourth-order valence-electron chi connectivity index (χ4n) is 1.86. The second kappa shape index (κ2) is 5.21. The Morgan fingerprint density at radius 3 is 2.74 bits per heavy atom. The minimum Gasteiger partial charge on any atom is -0.460 e. The summed E-state index contributed by atoms with van der Waals surface area (Å²) < 4.78 is 8.29. The molecule has 2 aromatic rings. The Hall–Kier alpha value is -2.18. The number of rotatable bonds is 4. The van der Waals surface area contributed by atoms with Gasteiger partial charge < -0.3 is 4.74 Å². The highest BCUT2D eigenvalue weighted by atomic mass is 16.5. The molecule has 0 amide bonds. The van der Waals surface area contributed by atoms with Gasteiger partial charge in [-0.2, -0.15) is 10.1 Å². The molecule has 19 heavy (non-hydrogen) atoms. The van der Waals surface area contributed by atoms with Crippen LogP contribution < -0.4 is 0 Å². The van der Waals surface area contributed by atoms with E-state index in [0.717, 1.165) is 17.9 Å². The number of hydrogen-bond donors (Lipinski definition) is 0. The summed E-state index contributed by atoms with van der Waals surface area (Å²) in [6.07, 6.45) is 0. The van der Waals surface area contributed by atoms with Crippen LogP contribution in [-0.2, 0) is 18.3 Å². The first-order valence-electron chi connectivity index (χ1n) is 6.19. The van der Waals surface area contributed by atoms with Gasteiger partial charge in [-0.3, -0.25) is 4.68 Å².